The highest BCUT2D eigenvalue weighted by Gasteiger charge is 2.38. The second kappa shape index (κ2) is 8.87. The minimum absolute atomic E-state index is 0.0816. The molecule has 0 aromatic heterocycles. The van der Waals surface area contributed by atoms with Crippen LogP contribution < -0.4 is 10.2 Å². The van der Waals surface area contributed by atoms with E-state index in [1.807, 2.05) is 6.07 Å². The van der Waals surface area contributed by atoms with Crippen LogP contribution in [-0.2, 0) is 14.3 Å². The summed E-state index contributed by atoms with van der Waals surface area (Å²) in [5.74, 6) is -2.18. The van der Waals surface area contributed by atoms with Crippen molar-refractivity contribution in [1.82, 2.24) is 5.32 Å². The number of methoxy groups -OCH3 is 1. The second-order valence-corrected chi connectivity index (χ2v) is 6.82. The fourth-order valence-electron chi connectivity index (χ4n) is 3.10. The van der Waals surface area contributed by atoms with Crippen LogP contribution in [0.25, 0.3) is 0 Å². The van der Waals surface area contributed by atoms with Crippen LogP contribution in [0.4, 0.5) is 5.69 Å². The van der Waals surface area contributed by atoms with Gasteiger partial charge in [-0.05, 0) is 43.7 Å². The van der Waals surface area contributed by atoms with E-state index in [1.165, 1.54) is 32.2 Å². The Morgan fingerprint density at radius 1 is 1.07 bits per heavy atom. The summed E-state index contributed by atoms with van der Waals surface area (Å²) >= 11 is 0. The van der Waals surface area contributed by atoms with Crippen molar-refractivity contribution in [2.75, 3.05) is 25.2 Å². The van der Waals surface area contributed by atoms with E-state index in [9.17, 15) is 19.2 Å². The summed E-state index contributed by atoms with van der Waals surface area (Å²) in [6.07, 6.45) is -1.02. The first kappa shape index (κ1) is 21.2. The molecular weight excluding hydrogens is 388 g/mol. The molecule has 8 nitrogen and oxygen atoms in total. The molecule has 1 heterocycles. The number of carbonyl (C=O) groups is 4. The first-order valence-electron chi connectivity index (χ1n) is 9.41. The van der Waals surface area contributed by atoms with E-state index in [4.69, 9.17) is 9.47 Å². The SMILES string of the molecule is COCCNC(=O)[C@@H](C)OC(=O)c1ccc2c(c1)C(=O)N(c1ccccc1C)C2=O. The zero-order valence-electron chi connectivity index (χ0n) is 16.9. The lowest BCUT2D eigenvalue weighted by Gasteiger charge is -2.16. The van der Waals surface area contributed by atoms with Crippen molar-refractivity contribution in [1.29, 1.82) is 0 Å². The lowest BCUT2D eigenvalue weighted by molar-refractivity contribution is -0.129. The smallest absolute Gasteiger partial charge is 0.338 e. The Balaban J connectivity index is 1.77. The van der Waals surface area contributed by atoms with Crippen molar-refractivity contribution in [2.24, 2.45) is 0 Å². The standard InChI is InChI=1S/C22H22N2O6/c1-13-6-4-5-7-18(13)24-20(26)16-9-8-15(12-17(16)21(24)27)22(28)30-14(2)19(25)23-10-11-29-3/h4-9,12,14H,10-11H2,1-3H3,(H,23,25)/t14-/m1/s1. The molecule has 0 radical (unpaired) electrons. The van der Waals surface area contributed by atoms with Crippen molar-refractivity contribution in [3.63, 3.8) is 0 Å². The molecule has 3 rings (SSSR count). The normalized spacial score (nSPS) is 13.8. The van der Waals surface area contributed by atoms with Gasteiger partial charge >= 0.3 is 5.97 Å². The van der Waals surface area contributed by atoms with Gasteiger partial charge in [-0.15, -0.1) is 0 Å². The summed E-state index contributed by atoms with van der Waals surface area (Å²) in [6, 6.07) is 11.2. The maximum absolute atomic E-state index is 12.9. The molecule has 1 N–H and O–H groups in total. The quantitative estimate of drug-likeness (QED) is 0.426. The molecule has 0 spiro atoms. The fourth-order valence-corrected chi connectivity index (χ4v) is 3.10. The first-order valence-corrected chi connectivity index (χ1v) is 9.41. The van der Waals surface area contributed by atoms with Gasteiger partial charge in [-0.3, -0.25) is 14.4 Å². The number of para-hydroxylation sites is 1. The molecule has 2 aromatic carbocycles. The zero-order chi connectivity index (χ0) is 21.8. The van der Waals surface area contributed by atoms with Gasteiger partial charge in [0, 0.05) is 13.7 Å². The monoisotopic (exact) mass is 410 g/mol. The summed E-state index contributed by atoms with van der Waals surface area (Å²) in [5.41, 5.74) is 1.69. The average molecular weight is 410 g/mol. The third-order valence-corrected chi connectivity index (χ3v) is 4.74. The number of nitrogens with one attached hydrogen (secondary N) is 1. The lowest BCUT2D eigenvalue weighted by Crippen LogP contribution is -2.37. The summed E-state index contributed by atoms with van der Waals surface area (Å²) < 4.78 is 10.0. The van der Waals surface area contributed by atoms with E-state index in [1.54, 1.807) is 25.1 Å². The van der Waals surface area contributed by atoms with Gasteiger partial charge in [-0.2, -0.15) is 0 Å². The molecule has 2 aromatic rings. The Bertz CT molecular complexity index is 1020. The molecule has 3 amide bonds. The van der Waals surface area contributed by atoms with Crippen molar-refractivity contribution in [2.45, 2.75) is 20.0 Å². The number of hydrogen-bond donors (Lipinski definition) is 1. The van der Waals surface area contributed by atoms with Gasteiger partial charge < -0.3 is 14.8 Å². The topological polar surface area (TPSA) is 102 Å². The van der Waals surface area contributed by atoms with Crippen LogP contribution in [0.5, 0.6) is 0 Å². The molecule has 0 saturated carbocycles. The highest BCUT2D eigenvalue weighted by molar-refractivity contribution is 6.34. The van der Waals surface area contributed by atoms with Crippen LogP contribution in [0.2, 0.25) is 0 Å². The number of nitrogens with zero attached hydrogens (tertiary/aromatic N) is 1. The van der Waals surface area contributed by atoms with E-state index >= 15 is 0 Å². The fraction of sp³-hybridized carbons (Fsp3) is 0.273. The average Bonchev–Trinajstić information content (AvgIpc) is 2.98. The van der Waals surface area contributed by atoms with Gasteiger partial charge in [-0.1, -0.05) is 18.2 Å². The van der Waals surface area contributed by atoms with Gasteiger partial charge in [0.05, 0.1) is 29.0 Å². The molecule has 156 valence electrons. The maximum Gasteiger partial charge on any atom is 0.338 e. The lowest BCUT2D eigenvalue weighted by atomic mass is 10.1. The number of fused-ring (bicyclic) bond motifs is 1. The third kappa shape index (κ3) is 4.08. The third-order valence-electron chi connectivity index (χ3n) is 4.74. The van der Waals surface area contributed by atoms with Gasteiger partial charge in [0.2, 0.25) is 0 Å². The number of benzene rings is 2. The Morgan fingerprint density at radius 2 is 1.77 bits per heavy atom. The highest BCUT2D eigenvalue weighted by Crippen LogP contribution is 2.31. The number of amides is 3. The predicted octanol–water partition coefficient (Wildman–Crippen LogP) is 2.10. The molecular formula is C22H22N2O6. The van der Waals surface area contributed by atoms with Crippen LogP contribution in [0.3, 0.4) is 0 Å². The minimum Gasteiger partial charge on any atom is -0.449 e. The molecule has 1 aliphatic rings. The molecule has 1 atom stereocenters. The minimum atomic E-state index is -1.02. The molecule has 0 bridgehead atoms. The van der Waals surface area contributed by atoms with Crippen molar-refractivity contribution < 1.29 is 28.7 Å². The molecule has 1 aliphatic heterocycles. The summed E-state index contributed by atoms with van der Waals surface area (Å²) in [6.45, 7) is 3.88. The van der Waals surface area contributed by atoms with Crippen LogP contribution in [0, 0.1) is 6.92 Å². The first-order chi connectivity index (χ1) is 14.3. The molecule has 30 heavy (non-hydrogen) atoms. The van der Waals surface area contributed by atoms with E-state index < -0.39 is 29.8 Å². The van der Waals surface area contributed by atoms with Crippen LogP contribution in [-0.4, -0.2) is 50.1 Å². The number of esters is 1. The summed E-state index contributed by atoms with van der Waals surface area (Å²) in [5, 5.41) is 2.58. The molecule has 0 saturated heterocycles. The Kier molecular flexibility index (Phi) is 6.27. The molecule has 0 aliphatic carbocycles. The number of carbonyl (C=O) groups excluding carboxylic acids is 4. The van der Waals surface area contributed by atoms with Gasteiger partial charge in [0.25, 0.3) is 17.7 Å². The Morgan fingerprint density at radius 3 is 2.47 bits per heavy atom. The molecule has 0 unspecified atom stereocenters. The van der Waals surface area contributed by atoms with E-state index in [2.05, 4.69) is 5.32 Å². The summed E-state index contributed by atoms with van der Waals surface area (Å²) in [4.78, 5) is 51.1. The molecule has 0 fully saturated rings. The van der Waals surface area contributed by atoms with Crippen molar-refractivity contribution >= 4 is 29.4 Å². The van der Waals surface area contributed by atoms with E-state index in [0.29, 0.717) is 18.8 Å². The number of anilines is 1. The number of rotatable bonds is 7. The number of aryl methyl sites for hydroxylation is 1. The van der Waals surface area contributed by atoms with Gasteiger partial charge in [0.1, 0.15) is 0 Å². The van der Waals surface area contributed by atoms with Crippen LogP contribution in [0.1, 0.15) is 43.6 Å². The van der Waals surface area contributed by atoms with E-state index in [0.717, 1.165) is 10.5 Å². The largest absolute Gasteiger partial charge is 0.449 e. The van der Waals surface area contributed by atoms with Crippen molar-refractivity contribution in [3.8, 4) is 0 Å². The van der Waals surface area contributed by atoms with E-state index in [-0.39, 0.29) is 16.7 Å². The Labute approximate surface area is 173 Å². The Hall–Kier alpha value is -3.52. The maximum atomic E-state index is 12.9. The van der Waals surface area contributed by atoms with Crippen LogP contribution >= 0.6 is 0 Å². The number of ether oxygens (including phenoxy) is 2. The summed E-state index contributed by atoms with van der Waals surface area (Å²) in [7, 11) is 1.51. The zero-order valence-corrected chi connectivity index (χ0v) is 16.9. The van der Waals surface area contributed by atoms with Crippen LogP contribution in [0.15, 0.2) is 42.5 Å². The highest BCUT2D eigenvalue weighted by atomic mass is 16.5. The number of imide groups is 1. The predicted molar refractivity (Wildman–Crippen MR) is 109 cm³/mol. The van der Waals surface area contributed by atoms with Gasteiger partial charge in [0.15, 0.2) is 6.10 Å². The number of hydrogen-bond acceptors (Lipinski definition) is 6. The molecule has 8 heteroatoms. The second-order valence-electron chi connectivity index (χ2n) is 6.82. The van der Waals surface area contributed by atoms with Crippen molar-refractivity contribution in [3.05, 3.63) is 64.7 Å². The van der Waals surface area contributed by atoms with Gasteiger partial charge in [-0.25, -0.2) is 9.69 Å².